The standard InChI is InChI=1S/C38H34FN3O3/c1-5-44-36-20-25(4)32(21-31(36)24(2)3)37-41-34-13-9-8-12-30(34)38(43)42(37)40-22-33-29-11-7-6-10-27(29)16-19-35(33)45-23-26-14-17-28(39)18-15-26/h6-22,24H,5,23H2,1-4H3. The molecule has 0 aliphatic heterocycles. The highest BCUT2D eigenvalue weighted by Crippen LogP contribution is 2.34. The molecule has 6 rings (SSSR count). The molecule has 226 valence electrons. The van der Waals surface area contributed by atoms with Crippen molar-refractivity contribution in [3.8, 4) is 22.9 Å². The fourth-order valence-electron chi connectivity index (χ4n) is 5.47. The van der Waals surface area contributed by atoms with Gasteiger partial charge in [0.15, 0.2) is 5.82 Å². The van der Waals surface area contributed by atoms with E-state index in [1.807, 2.05) is 74.5 Å². The SMILES string of the molecule is CCOc1cc(C)c(-c2nc3ccccc3c(=O)n2N=Cc2c(OCc3ccc(F)cc3)ccc3ccccc23)cc1C(C)C. The number of halogens is 1. The van der Waals surface area contributed by atoms with Crippen molar-refractivity contribution in [3.05, 3.63) is 135 Å². The van der Waals surface area contributed by atoms with Gasteiger partial charge < -0.3 is 9.47 Å². The number of benzene rings is 5. The first kappa shape index (κ1) is 29.8. The van der Waals surface area contributed by atoms with Gasteiger partial charge in [0.05, 0.1) is 23.7 Å². The minimum atomic E-state index is -0.300. The van der Waals surface area contributed by atoms with Crippen LogP contribution in [0.5, 0.6) is 11.5 Å². The fourth-order valence-corrected chi connectivity index (χ4v) is 5.47. The Labute approximate surface area is 261 Å². The van der Waals surface area contributed by atoms with Crippen molar-refractivity contribution in [2.75, 3.05) is 6.61 Å². The van der Waals surface area contributed by atoms with E-state index in [-0.39, 0.29) is 23.9 Å². The number of hydrogen-bond donors (Lipinski definition) is 0. The summed E-state index contributed by atoms with van der Waals surface area (Å²) < 4.78 is 27.1. The Morgan fingerprint density at radius 1 is 0.889 bits per heavy atom. The van der Waals surface area contributed by atoms with Gasteiger partial charge in [-0.3, -0.25) is 4.79 Å². The number of para-hydroxylation sites is 1. The largest absolute Gasteiger partial charge is 0.494 e. The van der Waals surface area contributed by atoms with Crippen LogP contribution in [0.15, 0.2) is 107 Å². The Morgan fingerprint density at radius 3 is 2.38 bits per heavy atom. The van der Waals surface area contributed by atoms with Crippen molar-refractivity contribution >= 4 is 27.9 Å². The molecule has 1 aromatic heterocycles. The van der Waals surface area contributed by atoms with Crippen molar-refractivity contribution in [2.45, 2.75) is 40.2 Å². The first-order valence-corrected chi connectivity index (χ1v) is 15.1. The number of aromatic nitrogens is 2. The Morgan fingerprint density at radius 2 is 1.62 bits per heavy atom. The lowest BCUT2D eigenvalue weighted by molar-refractivity contribution is 0.306. The zero-order valence-corrected chi connectivity index (χ0v) is 25.8. The van der Waals surface area contributed by atoms with Gasteiger partial charge in [0.25, 0.3) is 5.56 Å². The van der Waals surface area contributed by atoms with Crippen LogP contribution in [0, 0.1) is 12.7 Å². The van der Waals surface area contributed by atoms with Gasteiger partial charge in [-0.05, 0) is 89.7 Å². The van der Waals surface area contributed by atoms with Crippen LogP contribution in [0.25, 0.3) is 33.1 Å². The van der Waals surface area contributed by atoms with E-state index < -0.39 is 0 Å². The van der Waals surface area contributed by atoms with Crippen molar-refractivity contribution in [1.29, 1.82) is 0 Å². The minimum absolute atomic E-state index is 0.187. The highest BCUT2D eigenvalue weighted by molar-refractivity contribution is 6.02. The molecule has 0 saturated heterocycles. The second-order valence-electron chi connectivity index (χ2n) is 11.2. The predicted molar refractivity (Wildman–Crippen MR) is 179 cm³/mol. The second kappa shape index (κ2) is 12.7. The quantitative estimate of drug-likeness (QED) is 0.156. The van der Waals surface area contributed by atoms with Crippen molar-refractivity contribution in [1.82, 2.24) is 9.66 Å². The number of aryl methyl sites for hydroxylation is 1. The molecule has 7 heteroatoms. The number of hydrogen-bond acceptors (Lipinski definition) is 5. The molecule has 6 aromatic rings. The van der Waals surface area contributed by atoms with Crippen molar-refractivity contribution in [2.24, 2.45) is 5.10 Å². The second-order valence-corrected chi connectivity index (χ2v) is 11.2. The molecule has 0 bridgehead atoms. The van der Waals surface area contributed by atoms with Crippen LogP contribution in [0.3, 0.4) is 0 Å². The summed E-state index contributed by atoms with van der Waals surface area (Å²) in [7, 11) is 0. The average Bonchev–Trinajstić information content (AvgIpc) is 3.04. The summed E-state index contributed by atoms with van der Waals surface area (Å²) >= 11 is 0. The van der Waals surface area contributed by atoms with Crippen LogP contribution in [0.2, 0.25) is 0 Å². The minimum Gasteiger partial charge on any atom is -0.494 e. The summed E-state index contributed by atoms with van der Waals surface area (Å²) in [5.74, 6) is 1.74. The number of ether oxygens (including phenoxy) is 2. The van der Waals surface area contributed by atoms with Crippen LogP contribution < -0.4 is 15.0 Å². The molecule has 45 heavy (non-hydrogen) atoms. The lowest BCUT2D eigenvalue weighted by Crippen LogP contribution is -2.21. The van der Waals surface area contributed by atoms with Crippen LogP contribution in [0.4, 0.5) is 4.39 Å². The first-order valence-electron chi connectivity index (χ1n) is 15.1. The molecule has 0 saturated carbocycles. The Balaban J connectivity index is 1.52. The number of fused-ring (bicyclic) bond motifs is 2. The van der Waals surface area contributed by atoms with Crippen LogP contribution >= 0.6 is 0 Å². The lowest BCUT2D eigenvalue weighted by atomic mass is 9.96. The predicted octanol–water partition coefficient (Wildman–Crippen LogP) is 8.65. The highest BCUT2D eigenvalue weighted by atomic mass is 19.1. The maximum absolute atomic E-state index is 14.1. The zero-order chi connectivity index (χ0) is 31.5. The Hall–Kier alpha value is -5.30. The molecule has 6 nitrogen and oxygen atoms in total. The van der Waals surface area contributed by atoms with E-state index in [0.717, 1.165) is 38.8 Å². The third kappa shape index (κ3) is 6.07. The van der Waals surface area contributed by atoms with Crippen molar-refractivity contribution < 1.29 is 13.9 Å². The topological polar surface area (TPSA) is 65.7 Å². The lowest BCUT2D eigenvalue weighted by Gasteiger charge is -2.18. The molecule has 0 radical (unpaired) electrons. The van der Waals surface area contributed by atoms with E-state index in [4.69, 9.17) is 19.6 Å². The average molecular weight is 600 g/mol. The van der Waals surface area contributed by atoms with Crippen LogP contribution in [-0.4, -0.2) is 22.5 Å². The first-order chi connectivity index (χ1) is 21.8. The molecule has 1 heterocycles. The molecule has 0 amide bonds. The molecule has 0 unspecified atom stereocenters. The molecule has 0 fully saturated rings. The van der Waals surface area contributed by atoms with Gasteiger partial charge in [-0.15, -0.1) is 0 Å². The van der Waals surface area contributed by atoms with E-state index in [9.17, 15) is 9.18 Å². The molecular formula is C38H34FN3O3. The molecule has 0 N–H and O–H groups in total. The van der Waals surface area contributed by atoms with Gasteiger partial charge in [0, 0.05) is 11.1 Å². The van der Waals surface area contributed by atoms with Crippen LogP contribution in [-0.2, 0) is 6.61 Å². The zero-order valence-electron chi connectivity index (χ0n) is 25.8. The third-order valence-electron chi connectivity index (χ3n) is 7.81. The van der Waals surface area contributed by atoms with Gasteiger partial charge in [-0.25, -0.2) is 9.37 Å². The van der Waals surface area contributed by atoms with E-state index >= 15 is 0 Å². The summed E-state index contributed by atoms with van der Waals surface area (Å²) in [6.45, 7) is 8.98. The fraction of sp³-hybridized carbons (Fsp3) is 0.184. The van der Waals surface area contributed by atoms with Gasteiger partial charge >= 0.3 is 0 Å². The summed E-state index contributed by atoms with van der Waals surface area (Å²) in [6.07, 6.45) is 1.66. The smallest absolute Gasteiger partial charge is 0.282 e. The van der Waals surface area contributed by atoms with E-state index in [0.29, 0.717) is 34.6 Å². The van der Waals surface area contributed by atoms with E-state index in [1.165, 1.54) is 16.8 Å². The highest BCUT2D eigenvalue weighted by Gasteiger charge is 2.19. The van der Waals surface area contributed by atoms with Gasteiger partial charge in [0.2, 0.25) is 0 Å². The number of rotatable bonds is 9. The van der Waals surface area contributed by atoms with Gasteiger partial charge in [-0.2, -0.15) is 9.78 Å². The van der Waals surface area contributed by atoms with E-state index in [1.54, 1.807) is 24.4 Å². The summed E-state index contributed by atoms with van der Waals surface area (Å²) in [4.78, 5) is 19.0. The van der Waals surface area contributed by atoms with Crippen molar-refractivity contribution in [3.63, 3.8) is 0 Å². The van der Waals surface area contributed by atoms with Crippen LogP contribution in [0.1, 0.15) is 48.9 Å². The summed E-state index contributed by atoms with van der Waals surface area (Å²) in [5, 5.41) is 7.20. The molecule has 5 aromatic carbocycles. The maximum Gasteiger partial charge on any atom is 0.282 e. The third-order valence-corrected chi connectivity index (χ3v) is 7.81. The Bertz CT molecular complexity index is 2100. The molecule has 0 spiro atoms. The Kier molecular flexibility index (Phi) is 8.43. The van der Waals surface area contributed by atoms with E-state index in [2.05, 4.69) is 19.9 Å². The molecule has 0 aliphatic rings. The number of nitrogens with zero attached hydrogens (tertiary/aromatic N) is 3. The van der Waals surface area contributed by atoms with Gasteiger partial charge in [-0.1, -0.05) is 68.4 Å². The monoisotopic (exact) mass is 599 g/mol. The summed E-state index contributed by atoms with van der Waals surface area (Å²) in [5.41, 5.74) is 4.61. The molecule has 0 atom stereocenters. The molecule has 0 aliphatic carbocycles. The van der Waals surface area contributed by atoms with Gasteiger partial charge in [0.1, 0.15) is 23.9 Å². The normalized spacial score (nSPS) is 11.6. The summed E-state index contributed by atoms with van der Waals surface area (Å²) in [6, 6.07) is 29.4. The molecular weight excluding hydrogens is 565 g/mol. The maximum atomic E-state index is 14.1.